The number of carbonyl (C=O) groups excluding carboxylic acids is 2. The van der Waals surface area contributed by atoms with Gasteiger partial charge >= 0.3 is 0 Å². The Labute approximate surface area is 145 Å². The van der Waals surface area contributed by atoms with Crippen LogP contribution in [0.5, 0.6) is 0 Å². The van der Waals surface area contributed by atoms with E-state index < -0.39 is 0 Å². The van der Waals surface area contributed by atoms with Crippen molar-refractivity contribution in [3.8, 4) is 0 Å². The Hall–Kier alpha value is -0.810. The van der Waals surface area contributed by atoms with Crippen molar-refractivity contribution < 1.29 is 9.59 Å². The second-order valence-corrected chi connectivity index (χ2v) is 8.32. The normalized spacial score (nSPS) is 33.5. The topological polar surface area (TPSA) is 61.4 Å². The van der Waals surface area contributed by atoms with Crippen molar-refractivity contribution in [2.75, 3.05) is 6.54 Å². The maximum absolute atomic E-state index is 12.3. The highest BCUT2D eigenvalue weighted by atomic mass is 35.5. The van der Waals surface area contributed by atoms with E-state index in [1.165, 1.54) is 12.8 Å². The number of fused-ring (bicyclic) bond motifs is 2. The summed E-state index contributed by atoms with van der Waals surface area (Å²) in [6, 6.07) is 1.24. The van der Waals surface area contributed by atoms with Crippen molar-refractivity contribution in [3.05, 3.63) is 0 Å². The number of likely N-dealkylation sites (tertiary alicyclic amines) is 1. The molecule has 2 amide bonds. The molecule has 3 unspecified atom stereocenters. The second-order valence-electron chi connectivity index (χ2n) is 8.32. The highest BCUT2D eigenvalue weighted by Crippen LogP contribution is 2.32. The molecule has 2 bridgehead atoms. The molecule has 3 rings (SSSR count). The molecule has 3 aliphatic heterocycles. The Morgan fingerprint density at radius 2 is 1.87 bits per heavy atom. The van der Waals surface area contributed by atoms with E-state index >= 15 is 0 Å². The van der Waals surface area contributed by atoms with Crippen LogP contribution in [0.4, 0.5) is 0 Å². The molecule has 2 N–H and O–H groups in total. The molecule has 0 aromatic rings. The molecule has 5 nitrogen and oxygen atoms in total. The van der Waals surface area contributed by atoms with E-state index in [9.17, 15) is 9.59 Å². The van der Waals surface area contributed by atoms with Gasteiger partial charge in [-0.25, -0.2) is 0 Å². The van der Waals surface area contributed by atoms with Gasteiger partial charge in [0.2, 0.25) is 11.8 Å². The van der Waals surface area contributed by atoms with Gasteiger partial charge in [0.15, 0.2) is 0 Å². The summed E-state index contributed by atoms with van der Waals surface area (Å²) in [6.07, 6.45) is 5.85. The van der Waals surface area contributed by atoms with Crippen LogP contribution in [0.15, 0.2) is 0 Å². The van der Waals surface area contributed by atoms with E-state index in [2.05, 4.69) is 10.6 Å². The monoisotopic (exact) mass is 343 g/mol. The first-order chi connectivity index (χ1) is 10.3. The lowest BCUT2D eigenvalue weighted by atomic mass is 9.89. The van der Waals surface area contributed by atoms with E-state index in [4.69, 9.17) is 0 Å². The molecule has 0 radical (unpaired) electrons. The third-order valence-corrected chi connectivity index (χ3v) is 5.34. The number of nitrogens with zero attached hydrogens (tertiary/aromatic N) is 1. The molecule has 0 saturated carbocycles. The van der Waals surface area contributed by atoms with Gasteiger partial charge in [-0.05, 0) is 52.4 Å². The summed E-state index contributed by atoms with van der Waals surface area (Å²) in [4.78, 5) is 26.2. The number of rotatable bonds is 3. The fraction of sp³-hybridized carbons (Fsp3) is 0.882. The maximum atomic E-state index is 12.3. The van der Waals surface area contributed by atoms with Crippen molar-refractivity contribution in [2.45, 2.75) is 83.0 Å². The second kappa shape index (κ2) is 6.98. The van der Waals surface area contributed by atoms with Crippen LogP contribution in [-0.4, -0.2) is 46.9 Å². The quantitative estimate of drug-likeness (QED) is 0.822. The summed E-state index contributed by atoms with van der Waals surface area (Å²) >= 11 is 0. The smallest absolute Gasteiger partial charge is 0.225 e. The van der Waals surface area contributed by atoms with Gasteiger partial charge in [-0.3, -0.25) is 9.59 Å². The molecule has 0 aliphatic carbocycles. The Bertz CT molecular complexity index is 451. The summed E-state index contributed by atoms with van der Waals surface area (Å²) < 4.78 is 0. The lowest BCUT2D eigenvalue weighted by Crippen LogP contribution is -2.45. The van der Waals surface area contributed by atoms with Crippen LogP contribution >= 0.6 is 12.4 Å². The zero-order valence-electron chi connectivity index (χ0n) is 14.4. The predicted octanol–water partition coefficient (Wildman–Crippen LogP) is 1.84. The summed E-state index contributed by atoms with van der Waals surface area (Å²) in [5.41, 5.74) is -0.162. The SMILES string of the molecule is CC(C)(C)N1CC(NC(=O)CC2CC3CCC(C2)N3)CC1=O.Cl. The van der Waals surface area contributed by atoms with E-state index in [0.29, 0.717) is 37.4 Å². The number of amides is 2. The Kier molecular flexibility index (Phi) is 5.62. The Morgan fingerprint density at radius 1 is 1.26 bits per heavy atom. The summed E-state index contributed by atoms with van der Waals surface area (Å²) in [5, 5.41) is 6.70. The first-order valence-corrected chi connectivity index (χ1v) is 8.67. The Balaban J connectivity index is 0.00000192. The van der Waals surface area contributed by atoms with Crippen LogP contribution in [0.1, 0.15) is 59.3 Å². The summed E-state index contributed by atoms with van der Waals surface area (Å²) in [7, 11) is 0. The van der Waals surface area contributed by atoms with Crippen LogP contribution in [-0.2, 0) is 9.59 Å². The first kappa shape index (κ1) is 18.5. The minimum absolute atomic E-state index is 0. The predicted molar refractivity (Wildman–Crippen MR) is 92.5 cm³/mol. The zero-order chi connectivity index (χ0) is 15.9. The molecule has 6 heteroatoms. The first-order valence-electron chi connectivity index (χ1n) is 8.67. The van der Waals surface area contributed by atoms with Gasteiger partial charge in [-0.15, -0.1) is 12.4 Å². The molecule has 3 saturated heterocycles. The molecular formula is C17H30ClN3O2. The minimum atomic E-state index is -0.162. The standard InChI is InChI=1S/C17H29N3O2.ClH/c1-17(2,3)20-10-14(9-16(20)22)19-15(21)8-11-6-12-4-5-13(7-11)18-12;/h11-14,18H,4-10H2,1-3H3,(H,19,21);1H. The number of piperidine rings is 1. The number of hydrogen-bond acceptors (Lipinski definition) is 3. The third kappa shape index (κ3) is 4.38. The van der Waals surface area contributed by atoms with E-state index in [1.54, 1.807) is 0 Å². The van der Waals surface area contributed by atoms with Gasteiger partial charge in [0.1, 0.15) is 0 Å². The minimum Gasteiger partial charge on any atom is -0.351 e. The highest BCUT2D eigenvalue weighted by molar-refractivity contribution is 5.85. The van der Waals surface area contributed by atoms with Crippen LogP contribution in [0.25, 0.3) is 0 Å². The fourth-order valence-electron chi connectivity index (χ4n) is 4.34. The van der Waals surface area contributed by atoms with Crippen LogP contribution < -0.4 is 10.6 Å². The van der Waals surface area contributed by atoms with Crippen molar-refractivity contribution in [2.24, 2.45) is 5.92 Å². The van der Waals surface area contributed by atoms with Crippen molar-refractivity contribution >= 4 is 24.2 Å². The molecule has 0 aromatic heterocycles. The molecule has 3 fully saturated rings. The molecule has 3 aliphatic rings. The number of nitrogens with one attached hydrogen (secondary N) is 2. The van der Waals surface area contributed by atoms with Gasteiger partial charge in [-0.1, -0.05) is 0 Å². The molecule has 0 spiro atoms. The van der Waals surface area contributed by atoms with Crippen LogP contribution in [0, 0.1) is 5.92 Å². The number of halogens is 1. The maximum Gasteiger partial charge on any atom is 0.225 e. The average molecular weight is 344 g/mol. The summed E-state index contributed by atoms with van der Waals surface area (Å²) in [6.45, 7) is 6.77. The van der Waals surface area contributed by atoms with E-state index in [0.717, 1.165) is 12.8 Å². The van der Waals surface area contributed by atoms with Crippen molar-refractivity contribution in [1.82, 2.24) is 15.5 Å². The van der Waals surface area contributed by atoms with E-state index in [1.807, 2.05) is 25.7 Å². The van der Waals surface area contributed by atoms with Gasteiger partial charge in [0.25, 0.3) is 0 Å². The van der Waals surface area contributed by atoms with Crippen molar-refractivity contribution in [3.63, 3.8) is 0 Å². The molecule has 23 heavy (non-hydrogen) atoms. The number of hydrogen-bond donors (Lipinski definition) is 2. The van der Waals surface area contributed by atoms with Gasteiger partial charge in [-0.2, -0.15) is 0 Å². The van der Waals surface area contributed by atoms with Crippen molar-refractivity contribution in [1.29, 1.82) is 0 Å². The lowest BCUT2D eigenvalue weighted by molar-refractivity contribution is -0.131. The summed E-state index contributed by atoms with van der Waals surface area (Å²) in [5.74, 6) is 0.784. The average Bonchev–Trinajstić information content (AvgIpc) is 2.92. The molecule has 132 valence electrons. The van der Waals surface area contributed by atoms with Gasteiger partial charge < -0.3 is 15.5 Å². The van der Waals surface area contributed by atoms with Crippen LogP contribution in [0.2, 0.25) is 0 Å². The zero-order valence-corrected chi connectivity index (χ0v) is 15.2. The van der Waals surface area contributed by atoms with E-state index in [-0.39, 0.29) is 35.8 Å². The number of carbonyl (C=O) groups is 2. The largest absolute Gasteiger partial charge is 0.351 e. The Morgan fingerprint density at radius 3 is 2.39 bits per heavy atom. The molecule has 3 atom stereocenters. The molecular weight excluding hydrogens is 314 g/mol. The lowest BCUT2D eigenvalue weighted by Gasteiger charge is -2.32. The van der Waals surface area contributed by atoms with Crippen LogP contribution in [0.3, 0.4) is 0 Å². The fourth-order valence-corrected chi connectivity index (χ4v) is 4.34. The third-order valence-electron chi connectivity index (χ3n) is 5.34. The highest BCUT2D eigenvalue weighted by Gasteiger charge is 2.38. The molecule has 0 aromatic carbocycles. The molecule has 3 heterocycles. The van der Waals surface area contributed by atoms with Gasteiger partial charge in [0, 0.05) is 37.0 Å². The van der Waals surface area contributed by atoms with Gasteiger partial charge in [0.05, 0.1) is 6.04 Å².